The van der Waals surface area contributed by atoms with Crippen molar-refractivity contribution in [2.24, 2.45) is 0 Å². The molecule has 1 N–H and O–H groups in total. The first-order valence-electron chi connectivity index (χ1n) is 7.68. The van der Waals surface area contributed by atoms with Gasteiger partial charge in [-0.3, -0.25) is 0 Å². The van der Waals surface area contributed by atoms with Crippen LogP contribution in [0.1, 0.15) is 27.2 Å². The van der Waals surface area contributed by atoms with Gasteiger partial charge in [-0.25, -0.2) is 0 Å². The minimum atomic E-state index is -2.93. The van der Waals surface area contributed by atoms with Crippen molar-refractivity contribution in [3.8, 4) is 0 Å². The summed E-state index contributed by atoms with van der Waals surface area (Å²) in [6.45, 7) is 7.49. The summed E-state index contributed by atoms with van der Waals surface area (Å²) in [6, 6.07) is 10.1. The van der Waals surface area contributed by atoms with Gasteiger partial charge in [0.25, 0.3) is 0 Å². The van der Waals surface area contributed by atoms with Crippen molar-refractivity contribution in [2.45, 2.75) is 32.1 Å². The lowest BCUT2D eigenvalue weighted by atomic mass is 10.4. The van der Waals surface area contributed by atoms with Crippen LogP contribution in [0.2, 0.25) is 0 Å². The van der Waals surface area contributed by atoms with E-state index in [1.165, 1.54) is 0 Å². The molecular weight excluding hydrogens is 316 g/mol. The molecule has 0 aliphatic carbocycles. The molecule has 1 rings (SSSR count). The molecular formula is C16H26O4SSi. The normalized spacial score (nSPS) is 12.6. The van der Waals surface area contributed by atoms with E-state index in [-0.39, 0.29) is 6.61 Å². The standard InChI is InChI=1S/C16H26O4SSi/c1-4-18-22(19-5-2,20-6-3)16(13-10-14-17)21-15-11-8-7-9-12-15/h7-9,11-13,17H,4-6,10,14H2,1-3H3/b16-13+. The van der Waals surface area contributed by atoms with Gasteiger partial charge < -0.3 is 18.4 Å². The van der Waals surface area contributed by atoms with Crippen LogP contribution in [-0.4, -0.2) is 40.3 Å². The maximum atomic E-state index is 9.18. The number of thioether (sulfide) groups is 1. The van der Waals surface area contributed by atoms with Gasteiger partial charge in [0.15, 0.2) is 0 Å². The largest absolute Gasteiger partial charge is 0.543 e. The summed E-state index contributed by atoms with van der Waals surface area (Å²) >= 11 is 1.59. The maximum absolute atomic E-state index is 9.18. The number of rotatable bonds is 11. The van der Waals surface area contributed by atoms with Crippen LogP contribution in [0, 0.1) is 0 Å². The molecule has 0 saturated heterocycles. The third-order valence-electron chi connectivity index (χ3n) is 2.73. The Morgan fingerprint density at radius 1 is 1.05 bits per heavy atom. The van der Waals surface area contributed by atoms with Crippen LogP contribution >= 0.6 is 11.8 Å². The zero-order valence-electron chi connectivity index (χ0n) is 13.6. The van der Waals surface area contributed by atoms with Crippen LogP contribution in [0.4, 0.5) is 0 Å². The van der Waals surface area contributed by atoms with Gasteiger partial charge in [-0.2, -0.15) is 0 Å². The number of benzene rings is 1. The van der Waals surface area contributed by atoms with E-state index in [2.05, 4.69) is 0 Å². The molecule has 0 aromatic heterocycles. The molecule has 0 spiro atoms. The van der Waals surface area contributed by atoms with E-state index < -0.39 is 8.80 Å². The quantitative estimate of drug-likeness (QED) is 0.491. The van der Waals surface area contributed by atoms with Crippen LogP contribution in [0.15, 0.2) is 45.8 Å². The third-order valence-corrected chi connectivity index (χ3v) is 7.50. The highest BCUT2D eigenvalue weighted by atomic mass is 32.2. The molecule has 124 valence electrons. The van der Waals surface area contributed by atoms with Crippen molar-refractivity contribution >= 4 is 20.6 Å². The fourth-order valence-electron chi connectivity index (χ4n) is 1.95. The molecule has 0 aliphatic heterocycles. The van der Waals surface area contributed by atoms with Crippen LogP contribution in [0.5, 0.6) is 0 Å². The van der Waals surface area contributed by atoms with Crippen molar-refractivity contribution in [3.63, 3.8) is 0 Å². The van der Waals surface area contributed by atoms with Crippen LogP contribution in [0.3, 0.4) is 0 Å². The maximum Gasteiger partial charge on any atom is 0.543 e. The molecule has 1 aromatic rings. The second-order valence-corrected chi connectivity index (χ2v) is 8.35. The topological polar surface area (TPSA) is 47.9 Å². The lowest BCUT2D eigenvalue weighted by Gasteiger charge is -2.30. The van der Waals surface area contributed by atoms with Crippen molar-refractivity contribution < 1.29 is 18.4 Å². The Bertz CT molecular complexity index is 422. The summed E-state index contributed by atoms with van der Waals surface area (Å²) in [6.07, 6.45) is 2.53. The highest BCUT2D eigenvalue weighted by molar-refractivity contribution is 8.05. The van der Waals surface area contributed by atoms with Crippen LogP contribution in [0.25, 0.3) is 0 Å². The molecule has 4 nitrogen and oxygen atoms in total. The Labute approximate surface area is 138 Å². The molecule has 0 bridgehead atoms. The van der Waals surface area contributed by atoms with Gasteiger partial charge in [0, 0.05) is 31.3 Å². The summed E-state index contributed by atoms with van der Waals surface area (Å²) < 4.78 is 18.8. The van der Waals surface area contributed by atoms with Crippen molar-refractivity contribution in [2.75, 3.05) is 26.4 Å². The monoisotopic (exact) mass is 342 g/mol. The van der Waals surface area contributed by atoms with Gasteiger partial charge in [-0.05, 0) is 39.3 Å². The smallest absolute Gasteiger partial charge is 0.396 e. The van der Waals surface area contributed by atoms with Crippen LogP contribution < -0.4 is 0 Å². The molecule has 0 saturated carbocycles. The predicted octanol–water partition coefficient (Wildman–Crippen LogP) is 3.63. The first kappa shape index (κ1) is 19.4. The average Bonchev–Trinajstić information content (AvgIpc) is 2.53. The van der Waals surface area contributed by atoms with E-state index in [0.29, 0.717) is 26.2 Å². The van der Waals surface area contributed by atoms with Crippen molar-refractivity contribution in [1.82, 2.24) is 0 Å². The van der Waals surface area contributed by atoms with E-state index >= 15 is 0 Å². The zero-order valence-corrected chi connectivity index (χ0v) is 15.4. The average molecular weight is 343 g/mol. The van der Waals surface area contributed by atoms with Gasteiger partial charge >= 0.3 is 8.80 Å². The van der Waals surface area contributed by atoms with Crippen LogP contribution in [-0.2, 0) is 13.3 Å². The Morgan fingerprint density at radius 2 is 1.59 bits per heavy atom. The number of aliphatic hydroxyl groups excluding tert-OH is 1. The first-order chi connectivity index (χ1) is 10.7. The number of hydrogen-bond donors (Lipinski definition) is 1. The molecule has 6 heteroatoms. The van der Waals surface area contributed by atoms with E-state index in [1.807, 2.05) is 57.2 Å². The zero-order chi connectivity index (χ0) is 16.3. The SMILES string of the molecule is CCO[Si](OCC)(OCC)/C(=C/CCO)Sc1ccccc1. The summed E-state index contributed by atoms with van der Waals surface area (Å²) in [4.78, 5) is 1.10. The molecule has 1 aromatic carbocycles. The summed E-state index contributed by atoms with van der Waals surface area (Å²) in [5.74, 6) is 0. The predicted molar refractivity (Wildman–Crippen MR) is 92.7 cm³/mol. The molecule has 0 radical (unpaired) electrons. The summed E-state index contributed by atoms with van der Waals surface area (Å²) in [5, 5.41) is 9.18. The van der Waals surface area contributed by atoms with Gasteiger partial charge in [0.05, 0.1) is 4.53 Å². The summed E-state index contributed by atoms with van der Waals surface area (Å²) in [5.41, 5.74) is 0. The minimum Gasteiger partial charge on any atom is -0.396 e. The van der Waals surface area contributed by atoms with E-state index in [0.717, 1.165) is 9.42 Å². The fraction of sp³-hybridized carbons (Fsp3) is 0.500. The minimum absolute atomic E-state index is 0.0910. The highest BCUT2D eigenvalue weighted by Crippen LogP contribution is 2.35. The van der Waals surface area contributed by atoms with E-state index in [9.17, 15) is 5.11 Å². The second kappa shape index (κ2) is 11.0. The van der Waals surface area contributed by atoms with Crippen molar-refractivity contribution in [3.05, 3.63) is 40.9 Å². The van der Waals surface area contributed by atoms with Gasteiger partial charge in [0.1, 0.15) is 0 Å². The second-order valence-electron chi connectivity index (χ2n) is 4.35. The Hall–Kier alpha value is -0.633. The van der Waals surface area contributed by atoms with Gasteiger partial charge in [-0.15, -0.1) is 0 Å². The molecule has 0 fully saturated rings. The molecule has 0 heterocycles. The molecule has 0 aliphatic rings. The number of aliphatic hydroxyl groups is 1. The Morgan fingerprint density at radius 3 is 2.05 bits per heavy atom. The first-order valence-corrected chi connectivity index (χ1v) is 10.2. The lowest BCUT2D eigenvalue weighted by molar-refractivity contribution is 0.0831. The summed E-state index contributed by atoms with van der Waals surface area (Å²) in [7, 11) is -2.93. The third kappa shape index (κ3) is 5.87. The van der Waals surface area contributed by atoms with Gasteiger partial charge in [0.2, 0.25) is 0 Å². The Balaban J connectivity index is 3.12. The fourth-order valence-corrected chi connectivity index (χ4v) is 6.29. The molecule has 22 heavy (non-hydrogen) atoms. The number of hydrogen-bond acceptors (Lipinski definition) is 5. The Kier molecular flexibility index (Phi) is 9.70. The van der Waals surface area contributed by atoms with Gasteiger partial charge in [-0.1, -0.05) is 36.0 Å². The lowest BCUT2D eigenvalue weighted by Crippen LogP contribution is -2.47. The van der Waals surface area contributed by atoms with E-state index in [4.69, 9.17) is 13.3 Å². The van der Waals surface area contributed by atoms with Crippen molar-refractivity contribution in [1.29, 1.82) is 0 Å². The molecule has 0 amide bonds. The molecule has 0 unspecified atom stereocenters. The molecule has 0 atom stereocenters. The highest BCUT2D eigenvalue weighted by Gasteiger charge is 2.45. The van der Waals surface area contributed by atoms with E-state index in [1.54, 1.807) is 11.8 Å².